The van der Waals surface area contributed by atoms with Crippen LogP contribution in [0.25, 0.3) is 0 Å². The summed E-state index contributed by atoms with van der Waals surface area (Å²) >= 11 is 0. The van der Waals surface area contributed by atoms with Crippen LogP contribution in [0.15, 0.2) is 40.1 Å². The second kappa shape index (κ2) is 4.42. The number of allylic oxidation sites excluding steroid dienone is 1. The highest BCUT2D eigenvalue weighted by Crippen LogP contribution is 2.40. The van der Waals surface area contributed by atoms with Gasteiger partial charge in [0.2, 0.25) is 5.88 Å². The number of nitriles is 1. The number of aromatic nitrogens is 1. The summed E-state index contributed by atoms with van der Waals surface area (Å²) in [4.78, 5) is 4.39. The highest BCUT2D eigenvalue weighted by molar-refractivity contribution is 5.61. The number of nitrogens with zero attached hydrogens (tertiary/aromatic N) is 2. The van der Waals surface area contributed by atoms with Gasteiger partial charge in [-0.2, -0.15) is 5.26 Å². The van der Waals surface area contributed by atoms with Crippen molar-refractivity contribution >= 4 is 5.88 Å². The molecule has 5 nitrogen and oxygen atoms in total. The van der Waals surface area contributed by atoms with E-state index < -0.39 is 0 Å². The van der Waals surface area contributed by atoms with E-state index in [-0.39, 0.29) is 5.92 Å². The molecule has 1 aromatic carbocycles. The average Bonchev–Trinajstić information content (AvgIpc) is 2.78. The minimum Gasteiger partial charge on any atom is -0.425 e. The van der Waals surface area contributed by atoms with Crippen LogP contribution in [0.4, 0.5) is 5.88 Å². The number of oxazole rings is 1. The summed E-state index contributed by atoms with van der Waals surface area (Å²) in [5, 5.41) is 12.3. The van der Waals surface area contributed by atoms with E-state index in [2.05, 4.69) is 16.4 Å². The summed E-state index contributed by atoms with van der Waals surface area (Å²) in [5.41, 5.74) is 9.24. The standard InChI is InChI=1S/C15H14N4O/c1-8-3-5-10(6-4-8)12-11(7-16)14(17)19-15-13(12)18-9(2)20-15/h3-6,12,19H,17H2,1-2H3/t12-/m1/s1. The molecule has 0 fully saturated rings. The number of fused-ring (bicyclic) bond motifs is 1. The molecular formula is C15H14N4O. The van der Waals surface area contributed by atoms with E-state index in [0.29, 0.717) is 28.9 Å². The van der Waals surface area contributed by atoms with Crippen LogP contribution in [0, 0.1) is 25.2 Å². The van der Waals surface area contributed by atoms with E-state index in [4.69, 9.17) is 10.2 Å². The molecule has 0 aliphatic carbocycles. The summed E-state index contributed by atoms with van der Waals surface area (Å²) in [6, 6.07) is 10.2. The number of hydrogen-bond acceptors (Lipinski definition) is 5. The first-order valence-corrected chi connectivity index (χ1v) is 6.31. The van der Waals surface area contributed by atoms with Crippen LogP contribution in [0.5, 0.6) is 0 Å². The molecule has 0 spiro atoms. The van der Waals surface area contributed by atoms with Gasteiger partial charge in [0.1, 0.15) is 11.5 Å². The van der Waals surface area contributed by atoms with Gasteiger partial charge in [-0.3, -0.25) is 0 Å². The van der Waals surface area contributed by atoms with E-state index in [1.54, 1.807) is 6.92 Å². The Morgan fingerprint density at radius 1 is 1.30 bits per heavy atom. The van der Waals surface area contributed by atoms with Crippen molar-refractivity contribution in [1.29, 1.82) is 5.26 Å². The first-order valence-electron chi connectivity index (χ1n) is 6.31. The lowest BCUT2D eigenvalue weighted by atomic mass is 9.86. The van der Waals surface area contributed by atoms with Crippen LogP contribution >= 0.6 is 0 Å². The highest BCUT2D eigenvalue weighted by atomic mass is 16.4. The van der Waals surface area contributed by atoms with Gasteiger partial charge in [-0.05, 0) is 12.5 Å². The van der Waals surface area contributed by atoms with Gasteiger partial charge in [0.05, 0.1) is 17.6 Å². The lowest BCUT2D eigenvalue weighted by Crippen LogP contribution is -2.22. The molecular weight excluding hydrogens is 252 g/mol. The number of hydrogen-bond donors (Lipinski definition) is 2. The molecule has 100 valence electrons. The first kappa shape index (κ1) is 12.3. The zero-order valence-electron chi connectivity index (χ0n) is 11.3. The van der Waals surface area contributed by atoms with Crippen molar-refractivity contribution in [2.45, 2.75) is 19.8 Å². The van der Waals surface area contributed by atoms with Gasteiger partial charge >= 0.3 is 0 Å². The number of nitrogens with one attached hydrogen (secondary N) is 1. The van der Waals surface area contributed by atoms with Crippen LogP contribution in [0.2, 0.25) is 0 Å². The Labute approximate surface area is 116 Å². The Hall–Kier alpha value is -2.74. The molecule has 0 radical (unpaired) electrons. The van der Waals surface area contributed by atoms with Crippen LogP contribution < -0.4 is 11.1 Å². The largest absolute Gasteiger partial charge is 0.425 e. The minimum absolute atomic E-state index is 0.283. The van der Waals surface area contributed by atoms with Crippen molar-refractivity contribution in [3.05, 3.63) is 58.4 Å². The first-order chi connectivity index (χ1) is 9.60. The predicted octanol–water partition coefficient (Wildman–Crippen LogP) is 2.54. The van der Waals surface area contributed by atoms with Crippen LogP contribution in [-0.2, 0) is 0 Å². The molecule has 1 aromatic heterocycles. The maximum atomic E-state index is 9.39. The highest BCUT2D eigenvalue weighted by Gasteiger charge is 2.32. The quantitative estimate of drug-likeness (QED) is 0.828. The smallest absolute Gasteiger partial charge is 0.223 e. The number of benzene rings is 1. The normalized spacial score (nSPS) is 17.4. The average molecular weight is 266 g/mol. The van der Waals surface area contributed by atoms with Crippen LogP contribution in [0.1, 0.15) is 28.6 Å². The number of aryl methyl sites for hydroxylation is 2. The van der Waals surface area contributed by atoms with E-state index in [1.807, 2.05) is 31.2 Å². The van der Waals surface area contributed by atoms with E-state index in [9.17, 15) is 5.26 Å². The third-order valence-electron chi connectivity index (χ3n) is 3.39. The van der Waals surface area contributed by atoms with Crippen LogP contribution in [0.3, 0.4) is 0 Å². The molecule has 2 aromatic rings. The Morgan fingerprint density at radius 3 is 2.65 bits per heavy atom. The van der Waals surface area contributed by atoms with Crippen LogP contribution in [-0.4, -0.2) is 4.98 Å². The molecule has 3 N–H and O–H groups in total. The van der Waals surface area contributed by atoms with Gasteiger partial charge in [-0.15, -0.1) is 0 Å². The zero-order valence-corrected chi connectivity index (χ0v) is 11.3. The summed E-state index contributed by atoms with van der Waals surface area (Å²) in [6.45, 7) is 3.79. The molecule has 0 unspecified atom stereocenters. The molecule has 1 atom stereocenters. The molecule has 1 aliphatic heterocycles. The maximum Gasteiger partial charge on any atom is 0.223 e. The fourth-order valence-electron chi connectivity index (χ4n) is 2.42. The number of nitrogens with two attached hydrogens (primary N) is 1. The van der Waals surface area contributed by atoms with Gasteiger partial charge in [-0.25, -0.2) is 4.98 Å². The molecule has 1 aliphatic rings. The van der Waals surface area contributed by atoms with Crippen molar-refractivity contribution in [1.82, 2.24) is 4.98 Å². The number of anilines is 1. The van der Waals surface area contributed by atoms with E-state index in [0.717, 1.165) is 11.1 Å². The van der Waals surface area contributed by atoms with Gasteiger partial charge in [-0.1, -0.05) is 29.8 Å². The topological polar surface area (TPSA) is 87.9 Å². The molecule has 0 amide bonds. The summed E-state index contributed by atoms with van der Waals surface area (Å²) < 4.78 is 5.50. The van der Waals surface area contributed by atoms with Crippen molar-refractivity contribution in [3.63, 3.8) is 0 Å². The van der Waals surface area contributed by atoms with Gasteiger partial charge < -0.3 is 15.5 Å². The third-order valence-corrected chi connectivity index (χ3v) is 3.39. The predicted molar refractivity (Wildman–Crippen MR) is 74.7 cm³/mol. The van der Waals surface area contributed by atoms with E-state index in [1.165, 1.54) is 0 Å². The molecule has 20 heavy (non-hydrogen) atoms. The molecule has 0 bridgehead atoms. The Balaban J connectivity index is 2.19. The fourth-order valence-corrected chi connectivity index (χ4v) is 2.42. The lowest BCUT2D eigenvalue weighted by molar-refractivity contribution is 0.534. The second-order valence-corrected chi connectivity index (χ2v) is 4.86. The summed E-state index contributed by atoms with van der Waals surface area (Å²) in [7, 11) is 0. The van der Waals surface area contributed by atoms with Crippen molar-refractivity contribution in [2.75, 3.05) is 5.32 Å². The summed E-state index contributed by atoms with van der Waals surface area (Å²) in [5.74, 6) is 1.10. The van der Waals surface area contributed by atoms with Crippen molar-refractivity contribution in [2.24, 2.45) is 5.73 Å². The monoisotopic (exact) mass is 266 g/mol. The number of rotatable bonds is 1. The SMILES string of the molecule is Cc1ccc([C@@H]2C(C#N)=C(N)Nc3oc(C)nc32)cc1. The Morgan fingerprint density at radius 2 is 2.00 bits per heavy atom. The second-order valence-electron chi connectivity index (χ2n) is 4.86. The summed E-state index contributed by atoms with van der Waals surface area (Å²) in [6.07, 6.45) is 0. The van der Waals surface area contributed by atoms with Gasteiger partial charge in [0.15, 0.2) is 5.89 Å². The lowest BCUT2D eigenvalue weighted by Gasteiger charge is -2.22. The van der Waals surface area contributed by atoms with E-state index >= 15 is 0 Å². The Kier molecular flexibility index (Phi) is 2.72. The molecule has 0 saturated carbocycles. The maximum absolute atomic E-state index is 9.39. The van der Waals surface area contributed by atoms with Gasteiger partial charge in [0.25, 0.3) is 0 Å². The van der Waals surface area contributed by atoms with Crippen molar-refractivity contribution in [3.8, 4) is 6.07 Å². The molecule has 0 saturated heterocycles. The van der Waals surface area contributed by atoms with Crippen molar-refractivity contribution < 1.29 is 4.42 Å². The molecule has 2 heterocycles. The molecule has 3 rings (SSSR count). The minimum atomic E-state index is -0.283. The fraction of sp³-hybridized carbons (Fsp3) is 0.200. The zero-order chi connectivity index (χ0) is 14.3. The van der Waals surface area contributed by atoms with Gasteiger partial charge in [0, 0.05) is 6.92 Å². The molecule has 5 heteroatoms. The Bertz CT molecular complexity index is 734. The third kappa shape index (κ3) is 1.82.